The van der Waals surface area contributed by atoms with Gasteiger partial charge in [0.15, 0.2) is 0 Å². The first-order valence-corrected chi connectivity index (χ1v) is 4.80. The minimum atomic E-state index is 0.331. The second kappa shape index (κ2) is 4.45. The fourth-order valence-corrected chi connectivity index (χ4v) is 1.32. The largest absolute Gasteiger partial charge is 0.368 e. The highest BCUT2D eigenvalue weighted by molar-refractivity contribution is 5.30. The van der Waals surface area contributed by atoms with Gasteiger partial charge in [0.25, 0.3) is 0 Å². The maximum Gasteiger partial charge on any atom is 0.243 e. The molecule has 0 radical (unpaired) electrons. The van der Waals surface area contributed by atoms with E-state index in [1.165, 1.54) is 5.56 Å². The second-order valence-corrected chi connectivity index (χ2v) is 3.21. The van der Waals surface area contributed by atoms with Crippen molar-refractivity contribution in [2.24, 2.45) is 0 Å². The summed E-state index contributed by atoms with van der Waals surface area (Å²) >= 11 is 0. The van der Waals surface area contributed by atoms with Crippen LogP contribution in [0.15, 0.2) is 30.3 Å². The molecule has 1 aromatic carbocycles. The molecule has 2 aromatic rings. The van der Waals surface area contributed by atoms with Crippen LogP contribution < -0.4 is 11.1 Å². The molecule has 5 heteroatoms. The van der Waals surface area contributed by atoms with Crippen molar-refractivity contribution < 1.29 is 0 Å². The summed E-state index contributed by atoms with van der Waals surface area (Å²) in [4.78, 5) is 3.94. The van der Waals surface area contributed by atoms with E-state index in [2.05, 4.69) is 32.6 Å². The highest BCUT2D eigenvalue weighted by atomic mass is 15.3. The molecule has 5 nitrogen and oxygen atoms in total. The number of aromatic amines is 1. The summed E-state index contributed by atoms with van der Waals surface area (Å²) in [5.41, 5.74) is 6.68. The van der Waals surface area contributed by atoms with Crippen LogP contribution in [0.25, 0.3) is 0 Å². The number of nitrogen functional groups attached to an aromatic ring is 1. The molecule has 15 heavy (non-hydrogen) atoms. The van der Waals surface area contributed by atoms with Crippen LogP contribution in [0.2, 0.25) is 0 Å². The zero-order chi connectivity index (χ0) is 10.5. The van der Waals surface area contributed by atoms with E-state index in [9.17, 15) is 0 Å². The molecular weight excluding hydrogens is 190 g/mol. The van der Waals surface area contributed by atoms with E-state index < -0.39 is 0 Å². The first-order chi connectivity index (χ1) is 7.34. The van der Waals surface area contributed by atoms with E-state index in [0.717, 1.165) is 13.0 Å². The van der Waals surface area contributed by atoms with Crippen molar-refractivity contribution in [1.82, 2.24) is 15.2 Å². The number of hydrogen-bond acceptors (Lipinski definition) is 4. The fraction of sp³-hybridized carbons (Fsp3) is 0.200. The molecule has 78 valence electrons. The van der Waals surface area contributed by atoms with Crippen molar-refractivity contribution >= 4 is 11.9 Å². The number of H-pyrrole nitrogens is 1. The van der Waals surface area contributed by atoms with E-state index in [-0.39, 0.29) is 0 Å². The fourth-order valence-electron chi connectivity index (χ4n) is 1.32. The number of benzene rings is 1. The SMILES string of the molecule is Nc1nc(NCCc2ccccc2)n[nH]1. The van der Waals surface area contributed by atoms with Gasteiger partial charge in [-0.1, -0.05) is 30.3 Å². The summed E-state index contributed by atoms with van der Waals surface area (Å²) in [6.45, 7) is 0.793. The molecule has 0 atom stereocenters. The third-order valence-corrected chi connectivity index (χ3v) is 2.04. The molecule has 0 unspecified atom stereocenters. The van der Waals surface area contributed by atoms with Gasteiger partial charge in [0, 0.05) is 6.54 Å². The summed E-state index contributed by atoms with van der Waals surface area (Å²) in [6.07, 6.45) is 0.940. The summed E-state index contributed by atoms with van der Waals surface area (Å²) in [6, 6.07) is 10.2. The van der Waals surface area contributed by atoms with Crippen LogP contribution in [0, 0.1) is 0 Å². The topological polar surface area (TPSA) is 79.6 Å². The highest BCUT2D eigenvalue weighted by Gasteiger charge is 1.98. The lowest BCUT2D eigenvalue weighted by atomic mass is 10.1. The Hall–Kier alpha value is -2.04. The summed E-state index contributed by atoms with van der Waals surface area (Å²) in [5.74, 6) is 0.876. The van der Waals surface area contributed by atoms with Gasteiger partial charge in [-0.15, -0.1) is 5.10 Å². The summed E-state index contributed by atoms with van der Waals surface area (Å²) < 4.78 is 0. The Balaban J connectivity index is 1.80. The third-order valence-electron chi connectivity index (χ3n) is 2.04. The molecule has 1 heterocycles. The molecule has 0 amide bonds. The van der Waals surface area contributed by atoms with E-state index >= 15 is 0 Å². The lowest BCUT2D eigenvalue weighted by Crippen LogP contribution is -2.06. The minimum Gasteiger partial charge on any atom is -0.368 e. The Morgan fingerprint density at radius 2 is 2.07 bits per heavy atom. The Morgan fingerprint density at radius 3 is 2.73 bits per heavy atom. The normalized spacial score (nSPS) is 10.1. The number of nitrogens with two attached hydrogens (primary N) is 1. The zero-order valence-electron chi connectivity index (χ0n) is 8.27. The van der Waals surface area contributed by atoms with Gasteiger partial charge in [0.05, 0.1) is 0 Å². The molecule has 0 fully saturated rings. The van der Waals surface area contributed by atoms with Gasteiger partial charge in [-0.05, 0) is 12.0 Å². The van der Waals surface area contributed by atoms with Crippen LogP contribution in [0.1, 0.15) is 5.56 Å². The summed E-state index contributed by atoms with van der Waals surface area (Å²) in [5, 5.41) is 9.53. The zero-order valence-corrected chi connectivity index (χ0v) is 8.27. The second-order valence-electron chi connectivity index (χ2n) is 3.21. The van der Waals surface area contributed by atoms with E-state index in [0.29, 0.717) is 11.9 Å². The quantitative estimate of drug-likeness (QED) is 0.693. The van der Waals surface area contributed by atoms with Gasteiger partial charge >= 0.3 is 0 Å². The minimum absolute atomic E-state index is 0.331. The van der Waals surface area contributed by atoms with Crippen LogP contribution in [-0.4, -0.2) is 21.7 Å². The van der Waals surface area contributed by atoms with Crippen molar-refractivity contribution in [3.63, 3.8) is 0 Å². The number of rotatable bonds is 4. The molecule has 0 bridgehead atoms. The molecule has 0 spiro atoms. The van der Waals surface area contributed by atoms with E-state index in [1.807, 2.05) is 18.2 Å². The standard InChI is InChI=1S/C10H13N5/c11-9-13-10(15-14-9)12-7-6-8-4-2-1-3-5-8/h1-5H,6-7H2,(H4,11,12,13,14,15). The van der Waals surface area contributed by atoms with E-state index in [1.54, 1.807) is 0 Å². The van der Waals surface area contributed by atoms with Gasteiger partial charge in [0.2, 0.25) is 11.9 Å². The molecule has 0 aliphatic carbocycles. The van der Waals surface area contributed by atoms with Gasteiger partial charge < -0.3 is 11.1 Å². The molecule has 4 N–H and O–H groups in total. The Morgan fingerprint density at radius 1 is 1.27 bits per heavy atom. The first-order valence-electron chi connectivity index (χ1n) is 4.80. The van der Waals surface area contributed by atoms with Crippen LogP contribution in [0.5, 0.6) is 0 Å². The lowest BCUT2D eigenvalue weighted by Gasteiger charge is -2.01. The first kappa shape index (κ1) is 9.51. The van der Waals surface area contributed by atoms with Crippen molar-refractivity contribution in [1.29, 1.82) is 0 Å². The highest BCUT2D eigenvalue weighted by Crippen LogP contribution is 2.02. The van der Waals surface area contributed by atoms with Crippen molar-refractivity contribution in [3.8, 4) is 0 Å². The predicted octanol–water partition coefficient (Wildman–Crippen LogP) is 1.04. The molecule has 0 aliphatic rings. The summed E-state index contributed by atoms with van der Waals surface area (Å²) in [7, 11) is 0. The molecule has 0 saturated carbocycles. The molecule has 0 aliphatic heterocycles. The Labute approximate surface area is 87.7 Å². The van der Waals surface area contributed by atoms with Crippen molar-refractivity contribution in [2.45, 2.75) is 6.42 Å². The van der Waals surface area contributed by atoms with Crippen molar-refractivity contribution in [3.05, 3.63) is 35.9 Å². The number of nitrogens with zero attached hydrogens (tertiary/aromatic N) is 2. The lowest BCUT2D eigenvalue weighted by molar-refractivity contribution is 0.985. The maximum absolute atomic E-state index is 5.39. The van der Waals surface area contributed by atoms with Crippen LogP contribution in [0.3, 0.4) is 0 Å². The maximum atomic E-state index is 5.39. The predicted molar refractivity (Wildman–Crippen MR) is 59.4 cm³/mol. The van der Waals surface area contributed by atoms with Gasteiger partial charge in [-0.25, -0.2) is 5.10 Å². The Kier molecular flexibility index (Phi) is 2.82. The van der Waals surface area contributed by atoms with Crippen LogP contribution >= 0.6 is 0 Å². The smallest absolute Gasteiger partial charge is 0.243 e. The van der Waals surface area contributed by atoms with Crippen LogP contribution in [-0.2, 0) is 6.42 Å². The van der Waals surface area contributed by atoms with Crippen LogP contribution in [0.4, 0.5) is 11.9 Å². The average Bonchev–Trinajstić information content (AvgIpc) is 2.66. The number of nitrogens with one attached hydrogen (secondary N) is 2. The molecular formula is C10H13N5. The number of aromatic nitrogens is 3. The number of hydrogen-bond donors (Lipinski definition) is 3. The Bertz CT molecular complexity index is 409. The van der Waals surface area contributed by atoms with E-state index in [4.69, 9.17) is 5.73 Å². The van der Waals surface area contributed by atoms with Gasteiger partial charge in [-0.3, -0.25) is 0 Å². The monoisotopic (exact) mass is 203 g/mol. The third kappa shape index (κ3) is 2.70. The van der Waals surface area contributed by atoms with Crippen molar-refractivity contribution in [2.75, 3.05) is 17.6 Å². The van der Waals surface area contributed by atoms with Gasteiger partial charge in [-0.2, -0.15) is 4.98 Å². The number of anilines is 2. The molecule has 2 rings (SSSR count). The molecule has 1 aromatic heterocycles. The average molecular weight is 203 g/mol. The molecule has 0 saturated heterocycles. The van der Waals surface area contributed by atoms with Gasteiger partial charge in [0.1, 0.15) is 0 Å².